The minimum atomic E-state index is -1.07. The summed E-state index contributed by atoms with van der Waals surface area (Å²) in [5, 5.41) is 0. The lowest BCUT2D eigenvalue weighted by Gasteiger charge is -2.53. The van der Waals surface area contributed by atoms with Crippen LogP contribution in [0.2, 0.25) is 0 Å². The average Bonchev–Trinajstić information content (AvgIpc) is 2.46. The summed E-state index contributed by atoms with van der Waals surface area (Å²) in [7, 11) is 0. The highest BCUT2D eigenvalue weighted by atomic mass is 16.6. The zero-order chi connectivity index (χ0) is 15.3. The van der Waals surface area contributed by atoms with Crippen molar-refractivity contribution in [3.63, 3.8) is 0 Å². The fourth-order valence-electron chi connectivity index (χ4n) is 3.03. The van der Waals surface area contributed by atoms with Crippen LogP contribution in [0.15, 0.2) is 0 Å². The number of esters is 2. The fraction of sp³-hybridized carbons (Fsp3) is 0.875. The summed E-state index contributed by atoms with van der Waals surface area (Å²) in [6, 6.07) is 0. The van der Waals surface area contributed by atoms with Crippen molar-refractivity contribution < 1.29 is 23.8 Å². The van der Waals surface area contributed by atoms with E-state index in [4.69, 9.17) is 14.2 Å². The summed E-state index contributed by atoms with van der Waals surface area (Å²) in [4.78, 5) is 24.6. The molecule has 0 radical (unpaired) electrons. The molecule has 0 aromatic carbocycles. The molecule has 120 valence electrons. The van der Waals surface area contributed by atoms with Crippen LogP contribution >= 0.6 is 0 Å². The van der Waals surface area contributed by atoms with E-state index in [1.165, 1.54) is 0 Å². The Hall–Kier alpha value is -1.10. The summed E-state index contributed by atoms with van der Waals surface area (Å²) in [6.07, 6.45) is 5.77. The Bertz CT molecular complexity index is 373. The lowest BCUT2D eigenvalue weighted by molar-refractivity contribution is -0.268. The van der Waals surface area contributed by atoms with Crippen LogP contribution < -0.4 is 0 Å². The van der Waals surface area contributed by atoms with Crippen LogP contribution in [0.25, 0.3) is 0 Å². The van der Waals surface area contributed by atoms with Gasteiger partial charge in [-0.15, -0.1) is 0 Å². The Balaban J connectivity index is 1.94. The van der Waals surface area contributed by atoms with Crippen LogP contribution in [0.3, 0.4) is 0 Å². The molecule has 3 fully saturated rings. The molecule has 1 aliphatic carbocycles. The lowest BCUT2D eigenvalue weighted by Crippen LogP contribution is -2.66. The quantitative estimate of drug-likeness (QED) is 0.509. The maximum absolute atomic E-state index is 12.3. The van der Waals surface area contributed by atoms with Crippen molar-refractivity contribution in [2.24, 2.45) is 5.92 Å². The highest BCUT2D eigenvalue weighted by Gasteiger charge is 2.63. The first kappa shape index (κ1) is 16.3. The minimum absolute atomic E-state index is 0.100. The Morgan fingerprint density at radius 2 is 1.71 bits per heavy atom. The first-order valence-electron chi connectivity index (χ1n) is 8.15. The Kier molecular flexibility index (Phi) is 5.62. The number of fused-ring (bicyclic) bond motifs is 2. The number of hydrogen-bond acceptors (Lipinski definition) is 5. The monoisotopic (exact) mass is 298 g/mol. The van der Waals surface area contributed by atoms with Crippen molar-refractivity contribution >= 4 is 11.9 Å². The summed E-state index contributed by atoms with van der Waals surface area (Å²) >= 11 is 0. The molecule has 5 nitrogen and oxygen atoms in total. The van der Waals surface area contributed by atoms with Gasteiger partial charge in [0.25, 0.3) is 0 Å². The van der Waals surface area contributed by atoms with Gasteiger partial charge in [-0.1, -0.05) is 26.7 Å². The molecule has 21 heavy (non-hydrogen) atoms. The molecule has 0 spiro atoms. The van der Waals surface area contributed by atoms with E-state index in [1.807, 2.05) is 13.8 Å². The highest BCUT2D eigenvalue weighted by molar-refractivity contribution is 5.89. The van der Waals surface area contributed by atoms with Crippen molar-refractivity contribution in [3.05, 3.63) is 0 Å². The topological polar surface area (TPSA) is 61.8 Å². The van der Waals surface area contributed by atoms with E-state index >= 15 is 0 Å². The third-order valence-electron chi connectivity index (χ3n) is 4.35. The number of carbonyl (C=O) groups is 2. The zero-order valence-corrected chi connectivity index (χ0v) is 13.1. The van der Waals surface area contributed by atoms with Crippen molar-refractivity contribution in [1.29, 1.82) is 0 Å². The highest BCUT2D eigenvalue weighted by Crippen LogP contribution is 2.49. The third-order valence-corrected chi connectivity index (χ3v) is 4.35. The molecule has 2 aliphatic heterocycles. The predicted molar refractivity (Wildman–Crippen MR) is 76.7 cm³/mol. The van der Waals surface area contributed by atoms with Crippen molar-refractivity contribution in [2.75, 3.05) is 13.2 Å². The molecule has 2 saturated heterocycles. The average molecular weight is 298 g/mol. The van der Waals surface area contributed by atoms with Gasteiger partial charge >= 0.3 is 11.9 Å². The Morgan fingerprint density at radius 3 is 2.33 bits per heavy atom. The van der Waals surface area contributed by atoms with Gasteiger partial charge in [0.15, 0.2) is 5.60 Å². The molecule has 3 unspecified atom stereocenters. The summed E-state index contributed by atoms with van der Waals surface area (Å²) in [5.74, 6) is -1.20. The number of carbonyl (C=O) groups excluding carboxylic acids is 2. The van der Waals surface area contributed by atoms with Gasteiger partial charge in [0.2, 0.25) is 0 Å². The molecule has 3 aliphatic rings. The van der Waals surface area contributed by atoms with Crippen LogP contribution in [0.5, 0.6) is 0 Å². The fourth-order valence-corrected chi connectivity index (χ4v) is 3.03. The summed E-state index contributed by atoms with van der Waals surface area (Å²) < 4.78 is 16.3. The van der Waals surface area contributed by atoms with Crippen LogP contribution in [-0.4, -0.2) is 36.9 Å². The second kappa shape index (κ2) is 7.25. The number of ether oxygens (including phenoxy) is 3. The molecular weight excluding hydrogens is 272 g/mol. The molecule has 0 aromatic rings. The molecule has 5 heteroatoms. The van der Waals surface area contributed by atoms with Crippen LogP contribution in [0.1, 0.15) is 58.8 Å². The predicted octanol–water partition coefficient (Wildman–Crippen LogP) is 2.61. The van der Waals surface area contributed by atoms with E-state index < -0.39 is 11.5 Å². The standard InChI is InChI=1S/C16H26O5/c1-3-5-9-19-14(17)13-8-7-12-11-16(13,21-12)15(18)20-10-6-4-2/h12-13H,3-11H2,1-2H3. The van der Waals surface area contributed by atoms with Gasteiger partial charge in [0.05, 0.1) is 25.2 Å². The van der Waals surface area contributed by atoms with E-state index in [1.54, 1.807) is 0 Å². The summed E-state index contributed by atoms with van der Waals surface area (Å²) in [5.41, 5.74) is -1.07. The van der Waals surface area contributed by atoms with Crippen molar-refractivity contribution in [1.82, 2.24) is 0 Å². The second-order valence-corrected chi connectivity index (χ2v) is 5.97. The van der Waals surface area contributed by atoms with E-state index in [0.29, 0.717) is 26.1 Å². The number of hydrogen-bond donors (Lipinski definition) is 0. The molecule has 3 atom stereocenters. The molecule has 0 N–H and O–H groups in total. The molecule has 2 heterocycles. The molecule has 1 saturated carbocycles. The van der Waals surface area contributed by atoms with E-state index in [-0.39, 0.29) is 18.0 Å². The van der Waals surface area contributed by atoms with E-state index in [9.17, 15) is 9.59 Å². The van der Waals surface area contributed by atoms with Crippen LogP contribution in [0, 0.1) is 5.92 Å². The lowest BCUT2D eigenvalue weighted by atomic mass is 9.69. The maximum atomic E-state index is 12.3. The normalized spacial score (nSPS) is 30.4. The van der Waals surface area contributed by atoms with Crippen LogP contribution in [-0.2, 0) is 23.8 Å². The van der Waals surface area contributed by atoms with Gasteiger partial charge in [-0.2, -0.15) is 0 Å². The molecule has 0 amide bonds. The SMILES string of the molecule is CCCCOC(=O)C1CCC2CC1(C(=O)OCCCC)O2. The number of unbranched alkanes of at least 4 members (excludes halogenated alkanes) is 2. The largest absolute Gasteiger partial charge is 0.465 e. The van der Waals surface area contributed by atoms with Crippen molar-refractivity contribution in [3.8, 4) is 0 Å². The molecular formula is C16H26O5. The van der Waals surface area contributed by atoms with Gasteiger partial charge in [-0.3, -0.25) is 4.79 Å². The first-order valence-corrected chi connectivity index (χ1v) is 8.15. The summed E-state index contributed by atoms with van der Waals surface area (Å²) in [6.45, 7) is 4.89. The van der Waals surface area contributed by atoms with Crippen LogP contribution in [0.4, 0.5) is 0 Å². The molecule has 0 aromatic heterocycles. The smallest absolute Gasteiger partial charge is 0.339 e. The first-order chi connectivity index (χ1) is 10.1. The van der Waals surface area contributed by atoms with Gasteiger partial charge in [0.1, 0.15) is 0 Å². The Labute approximate surface area is 126 Å². The van der Waals surface area contributed by atoms with Gasteiger partial charge in [0, 0.05) is 6.42 Å². The molecule has 2 bridgehead atoms. The van der Waals surface area contributed by atoms with Gasteiger partial charge in [-0.05, 0) is 25.7 Å². The van der Waals surface area contributed by atoms with Gasteiger partial charge in [-0.25, -0.2) is 4.79 Å². The van der Waals surface area contributed by atoms with E-state index in [2.05, 4.69) is 0 Å². The zero-order valence-electron chi connectivity index (χ0n) is 13.1. The third kappa shape index (κ3) is 3.39. The number of rotatable bonds is 8. The Morgan fingerprint density at radius 1 is 1.10 bits per heavy atom. The van der Waals surface area contributed by atoms with Crippen molar-refractivity contribution in [2.45, 2.75) is 70.5 Å². The molecule has 3 rings (SSSR count). The maximum Gasteiger partial charge on any atom is 0.339 e. The second-order valence-electron chi connectivity index (χ2n) is 5.97. The van der Waals surface area contributed by atoms with E-state index in [0.717, 1.165) is 32.1 Å². The minimum Gasteiger partial charge on any atom is -0.465 e. The van der Waals surface area contributed by atoms with Gasteiger partial charge < -0.3 is 14.2 Å².